The normalized spacial score (nSPS) is 11.3. The van der Waals surface area contributed by atoms with Crippen LogP contribution in [0.15, 0.2) is 47.5 Å². The fourth-order valence-electron chi connectivity index (χ4n) is 1.86. The van der Waals surface area contributed by atoms with Crippen molar-refractivity contribution in [2.24, 2.45) is 5.84 Å². The number of sulfonamides is 1. The van der Waals surface area contributed by atoms with Crippen LogP contribution in [0.4, 0.5) is 5.82 Å². The molecule has 0 aliphatic heterocycles. The van der Waals surface area contributed by atoms with E-state index in [4.69, 9.17) is 5.84 Å². The average Bonchev–Trinajstić information content (AvgIpc) is 2.53. The number of nitrogens with zero attached hydrogens (tertiary/aromatic N) is 1. The topological polar surface area (TPSA) is 97.1 Å². The number of aryl methyl sites for hydroxylation is 1. The minimum Gasteiger partial charge on any atom is -0.307 e. The van der Waals surface area contributed by atoms with Gasteiger partial charge in [0.1, 0.15) is 4.90 Å². The van der Waals surface area contributed by atoms with Crippen LogP contribution in [0, 0.1) is 0 Å². The average molecular weight is 306 g/mol. The van der Waals surface area contributed by atoms with Gasteiger partial charge in [0, 0.05) is 12.7 Å². The largest absolute Gasteiger partial charge is 0.307 e. The number of hydrogen-bond donors (Lipinski definition) is 3. The van der Waals surface area contributed by atoms with Crippen LogP contribution in [0.25, 0.3) is 0 Å². The highest BCUT2D eigenvalue weighted by Gasteiger charge is 2.18. The predicted molar refractivity (Wildman–Crippen MR) is 81.9 cm³/mol. The Morgan fingerprint density at radius 3 is 2.43 bits per heavy atom. The summed E-state index contributed by atoms with van der Waals surface area (Å²) in [7, 11) is -3.67. The zero-order chi connectivity index (χ0) is 15.3. The molecule has 2 rings (SSSR count). The summed E-state index contributed by atoms with van der Waals surface area (Å²) in [6.07, 6.45) is 2.42. The Morgan fingerprint density at radius 1 is 1.14 bits per heavy atom. The van der Waals surface area contributed by atoms with Gasteiger partial charge < -0.3 is 5.43 Å². The molecule has 0 saturated carbocycles. The Kier molecular flexibility index (Phi) is 4.89. The molecule has 1 heterocycles. The fraction of sp³-hybridized carbons (Fsp3) is 0.214. The van der Waals surface area contributed by atoms with Crippen LogP contribution in [0.1, 0.15) is 18.1 Å². The maximum atomic E-state index is 12.3. The molecular weight excluding hydrogens is 288 g/mol. The van der Waals surface area contributed by atoms with Gasteiger partial charge in [-0.2, -0.15) is 0 Å². The molecule has 0 spiro atoms. The molecule has 112 valence electrons. The molecule has 2 aromatic rings. The van der Waals surface area contributed by atoms with Crippen molar-refractivity contribution in [3.8, 4) is 0 Å². The van der Waals surface area contributed by atoms with E-state index in [0.717, 1.165) is 12.0 Å². The number of pyridine rings is 1. The third-order valence-corrected chi connectivity index (χ3v) is 4.53. The molecule has 21 heavy (non-hydrogen) atoms. The number of nitrogen functional groups attached to an aromatic ring is 1. The molecule has 0 bridgehead atoms. The lowest BCUT2D eigenvalue weighted by Gasteiger charge is -2.10. The highest BCUT2D eigenvalue weighted by atomic mass is 32.2. The minimum absolute atomic E-state index is 0.0256. The molecule has 0 amide bonds. The number of nitrogens with one attached hydrogen (secondary N) is 2. The number of anilines is 1. The second-order valence-electron chi connectivity index (χ2n) is 4.49. The smallest absolute Gasteiger partial charge is 0.244 e. The van der Waals surface area contributed by atoms with Crippen molar-refractivity contribution < 1.29 is 8.42 Å². The van der Waals surface area contributed by atoms with Crippen molar-refractivity contribution in [3.05, 3.63) is 53.7 Å². The number of aromatic nitrogens is 1. The summed E-state index contributed by atoms with van der Waals surface area (Å²) in [5.74, 6) is 5.40. The summed E-state index contributed by atoms with van der Waals surface area (Å²) < 4.78 is 27.1. The first-order valence-corrected chi connectivity index (χ1v) is 8.04. The van der Waals surface area contributed by atoms with Gasteiger partial charge in [-0.05, 0) is 29.7 Å². The Hall–Kier alpha value is -1.96. The van der Waals surface area contributed by atoms with Gasteiger partial charge in [-0.1, -0.05) is 31.2 Å². The Balaban J connectivity index is 2.13. The van der Waals surface area contributed by atoms with E-state index < -0.39 is 10.0 Å². The van der Waals surface area contributed by atoms with Crippen molar-refractivity contribution in [2.45, 2.75) is 24.8 Å². The lowest BCUT2D eigenvalue weighted by Crippen LogP contribution is -2.25. The maximum Gasteiger partial charge on any atom is 0.244 e. The fourth-order valence-corrected chi connectivity index (χ4v) is 3.00. The van der Waals surface area contributed by atoms with E-state index in [1.165, 1.54) is 17.8 Å². The Labute approximate surface area is 124 Å². The summed E-state index contributed by atoms with van der Waals surface area (Å²) in [6.45, 7) is 2.28. The van der Waals surface area contributed by atoms with Gasteiger partial charge in [0.05, 0.1) is 0 Å². The van der Waals surface area contributed by atoms with E-state index in [1.807, 2.05) is 24.3 Å². The van der Waals surface area contributed by atoms with Crippen LogP contribution in [0.5, 0.6) is 0 Å². The number of hydrogen-bond acceptors (Lipinski definition) is 5. The molecule has 0 radical (unpaired) electrons. The van der Waals surface area contributed by atoms with Crippen LogP contribution in [0.3, 0.4) is 0 Å². The molecule has 0 aliphatic carbocycles. The lowest BCUT2D eigenvalue weighted by atomic mass is 10.1. The molecule has 1 aromatic carbocycles. The highest BCUT2D eigenvalue weighted by Crippen LogP contribution is 2.17. The summed E-state index contributed by atoms with van der Waals surface area (Å²) >= 11 is 0. The molecule has 0 atom stereocenters. The van der Waals surface area contributed by atoms with Crippen molar-refractivity contribution in [1.29, 1.82) is 0 Å². The van der Waals surface area contributed by atoms with Gasteiger partial charge >= 0.3 is 0 Å². The monoisotopic (exact) mass is 306 g/mol. The van der Waals surface area contributed by atoms with E-state index in [2.05, 4.69) is 22.1 Å². The number of nitrogens with two attached hydrogens (primary N) is 1. The molecule has 0 saturated heterocycles. The van der Waals surface area contributed by atoms with E-state index in [0.29, 0.717) is 0 Å². The van der Waals surface area contributed by atoms with E-state index >= 15 is 0 Å². The number of hydrazine groups is 1. The first-order valence-electron chi connectivity index (χ1n) is 6.56. The standard InChI is InChI=1S/C14H18N4O2S/c1-2-11-5-7-12(8-6-11)10-17-21(19,20)13-4-3-9-16-14(13)18-15/h3-9,17H,2,10,15H2,1H3,(H,16,18). The van der Waals surface area contributed by atoms with Gasteiger partial charge in [0.15, 0.2) is 5.82 Å². The predicted octanol–water partition coefficient (Wildman–Crippen LogP) is 1.41. The van der Waals surface area contributed by atoms with E-state index in [1.54, 1.807) is 6.07 Å². The van der Waals surface area contributed by atoms with E-state index in [9.17, 15) is 8.42 Å². The SMILES string of the molecule is CCc1ccc(CNS(=O)(=O)c2cccnc2NN)cc1. The first kappa shape index (κ1) is 15.4. The quantitative estimate of drug-likeness (QED) is 0.554. The summed E-state index contributed by atoms with van der Waals surface area (Å²) in [5, 5.41) is 0. The molecule has 1 aromatic heterocycles. The van der Waals surface area contributed by atoms with Gasteiger partial charge in [-0.3, -0.25) is 0 Å². The highest BCUT2D eigenvalue weighted by molar-refractivity contribution is 7.89. The lowest BCUT2D eigenvalue weighted by molar-refractivity contribution is 0.581. The van der Waals surface area contributed by atoms with Gasteiger partial charge in [0.2, 0.25) is 10.0 Å². The summed E-state index contributed by atoms with van der Waals surface area (Å²) in [5.41, 5.74) is 4.39. The number of rotatable bonds is 6. The van der Waals surface area contributed by atoms with E-state index in [-0.39, 0.29) is 17.3 Å². The van der Waals surface area contributed by atoms with Crippen LogP contribution in [-0.4, -0.2) is 13.4 Å². The molecule has 0 fully saturated rings. The van der Waals surface area contributed by atoms with Gasteiger partial charge in [-0.25, -0.2) is 24.0 Å². The Bertz CT molecular complexity index is 699. The minimum atomic E-state index is -3.67. The summed E-state index contributed by atoms with van der Waals surface area (Å²) in [4.78, 5) is 3.91. The molecule has 6 nitrogen and oxygen atoms in total. The van der Waals surface area contributed by atoms with Crippen LogP contribution in [-0.2, 0) is 23.0 Å². The third kappa shape index (κ3) is 3.78. The number of benzene rings is 1. The van der Waals surface area contributed by atoms with Crippen LogP contribution in [0.2, 0.25) is 0 Å². The maximum absolute atomic E-state index is 12.3. The molecule has 7 heteroatoms. The van der Waals surface area contributed by atoms with Gasteiger partial charge in [-0.15, -0.1) is 0 Å². The molecular formula is C14H18N4O2S. The first-order chi connectivity index (χ1) is 10.1. The van der Waals surface area contributed by atoms with Crippen LogP contribution < -0.4 is 16.0 Å². The van der Waals surface area contributed by atoms with Crippen molar-refractivity contribution >= 4 is 15.8 Å². The van der Waals surface area contributed by atoms with Crippen molar-refractivity contribution in [1.82, 2.24) is 9.71 Å². The Morgan fingerprint density at radius 2 is 1.81 bits per heavy atom. The molecule has 0 aliphatic rings. The van der Waals surface area contributed by atoms with Crippen molar-refractivity contribution in [2.75, 3.05) is 5.43 Å². The van der Waals surface area contributed by atoms with Crippen LogP contribution >= 0.6 is 0 Å². The summed E-state index contributed by atoms with van der Waals surface area (Å²) in [6, 6.07) is 10.8. The zero-order valence-corrected chi connectivity index (χ0v) is 12.5. The second-order valence-corrected chi connectivity index (χ2v) is 6.22. The molecule has 0 unspecified atom stereocenters. The molecule has 4 N–H and O–H groups in total. The second kappa shape index (κ2) is 6.66. The van der Waals surface area contributed by atoms with Gasteiger partial charge in [0.25, 0.3) is 0 Å². The zero-order valence-electron chi connectivity index (χ0n) is 11.7. The van der Waals surface area contributed by atoms with Crippen molar-refractivity contribution in [3.63, 3.8) is 0 Å². The third-order valence-electron chi connectivity index (χ3n) is 3.09.